The molecule has 0 saturated carbocycles. The zero-order chi connectivity index (χ0) is 11.4. The summed E-state index contributed by atoms with van der Waals surface area (Å²) in [7, 11) is 1.86. The van der Waals surface area contributed by atoms with Crippen LogP contribution in [0.15, 0.2) is 18.3 Å². The lowest BCUT2D eigenvalue weighted by Gasteiger charge is -2.29. The van der Waals surface area contributed by atoms with Gasteiger partial charge < -0.3 is 10.4 Å². The number of aromatic nitrogens is 1. The molecule has 2 rings (SSSR count). The maximum atomic E-state index is 9.57. The van der Waals surface area contributed by atoms with Gasteiger partial charge in [-0.3, -0.25) is 4.90 Å². The average Bonchev–Trinajstić information content (AvgIpc) is 2.30. The Balaban J connectivity index is 1.92. The van der Waals surface area contributed by atoms with E-state index in [1.165, 1.54) is 5.56 Å². The van der Waals surface area contributed by atoms with Gasteiger partial charge in [0.25, 0.3) is 0 Å². The summed E-state index contributed by atoms with van der Waals surface area (Å²) < 4.78 is 0. The van der Waals surface area contributed by atoms with Gasteiger partial charge in [-0.05, 0) is 31.0 Å². The standard InChI is InChI=1S/C12H19N3O/c1-13-12-5-4-10(7-14-12)8-15-6-2-3-11(16)9-15/h4-5,7,11,16H,2-3,6,8-9H2,1H3,(H,13,14). The third-order valence-electron chi connectivity index (χ3n) is 2.97. The van der Waals surface area contributed by atoms with Gasteiger partial charge in [-0.25, -0.2) is 4.98 Å². The Morgan fingerprint density at radius 2 is 2.44 bits per heavy atom. The van der Waals surface area contributed by atoms with Crippen LogP contribution >= 0.6 is 0 Å². The molecule has 0 spiro atoms. The fourth-order valence-electron chi connectivity index (χ4n) is 2.10. The lowest BCUT2D eigenvalue weighted by molar-refractivity contribution is 0.0668. The number of piperidine rings is 1. The fourth-order valence-corrected chi connectivity index (χ4v) is 2.10. The Hall–Kier alpha value is -1.13. The number of nitrogens with one attached hydrogen (secondary N) is 1. The van der Waals surface area contributed by atoms with E-state index in [2.05, 4.69) is 21.3 Å². The molecule has 1 aromatic rings. The molecule has 1 aromatic heterocycles. The van der Waals surface area contributed by atoms with Gasteiger partial charge in [-0.1, -0.05) is 6.07 Å². The molecule has 0 aromatic carbocycles. The van der Waals surface area contributed by atoms with Crippen molar-refractivity contribution in [1.82, 2.24) is 9.88 Å². The molecule has 1 aliphatic heterocycles. The zero-order valence-electron chi connectivity index (χ0n) is 9.69. The van der Waals surface area contributed by atoms with Crippen molar-refractivity contribution < 1.29 is 5.11 Å². The largest absolute Gasteiger partial charge is 0.392 e. The number of rotatable bonds is 3. The van der Waals surface area contributed by atoms with Crippen molar-refractivity contribution in [2.75, 3.05) is 25.5 Å². The first-order valence-corrected chi connectivity index (χ1v) is 5.81. The summed E-state index contributed by atoms with van der Waals surface area (Å²) in [4.78, 5) is 6.56. The van der Waals surface area contributed by atoms with Crippen LogP contribution < -0.4 is 5.32 Å². The maximum absolute atomic E-state index is 9.57. The average molecular weight is 221 g/mol. The molecule has 1 unspecified atom stereocenters. The number of β-amino-alcohol motifs (C(OH)–C–C–N with tert-alkyl or cyclic N) is 1. The first-order chi connectivity index (χ1) is 7.78. The molecule has 0 bridgehead atoms. The molecular formula is C12H19N3O. The third kappa shape index (κ3) is 2.93. The normalized spacial score (nSPS) is 22.0. The molecule has 2 heterocycles. The molecule has 16 heavy (non-hydrogen) atoms. The summed E-state index contributed by atoms with van der Waals surface area (Å²) in [5, 5.41) is 12.6. The molecule has 1 fully saturated rings. The van der Waals surface area contributed by atoms with Gasteiger partial charge in [0.2, 0.25) is 0 Å². The zero-order valence-corrected chi connectivity index (χ0v) is 9.69. The third-order valence-corrected chi connectivity index (χ3v) is 2.97. The fraction of sp³-hybridized carbons (Fsp3) is 0.583. The maximum Gasteiger partial charge on any atom is 0.125 e. The molecule has 1 aliphatic rings. The Morgan fingerprint density at radius 1 is 1.56 bits per heavy atom. The van der Waals surface area contributed by atoms with Gasteiger partial charge in [0, 0.05) is 26.3 Å². The van der Waals surface area contributed by atoms with Crippen LogP contribution in [0.3, 0.4) is 0 Å². The molecule has 1 saturated heterocycles. The summed E-state index contributed by atoms with van der Waals surface area (Å²) in [6.07, 6.45) is 3.77. The van der Waals surface area contributed by atoms with Crippen LogP contribution in [0.1, 0.15) is 18.4 Å². The number of aliphatic hydroxyl groups is 1. The molecule has 2 N–H and O–H groups in total. The molecule has 0 aliphatic carbocycles. The number of aliphatic hydroxyl groups excluding tert-OH is 1. The van der Waals surface area contributed by atoms with E-state index in [4.69, 9.17) is 0 Å². The van der Waals surface area contributed by atoms with E-state index in [9.17, 15) is 5.11 Å². The number of hydrogen-bond donors (Lipinski definition) is 2. The van der Waals surface area contributed by atoms with E-state index >= 15 is 0 Å². The van der Waals surface area contributed by atoms with Gasteiger partial charge in [0.1, 0.15) is 5.82 Å². The molecule has 0 radical (unpaired) electrons. The van der Waals surface area contributed by atoms with Crippen molar-refractivity contribution in [3.05, 3.63) is 23.9 Å². The lowest BCUT2D eigenvalue weighted by atomic mass is 10.1. The van der Waals surface area contributed by atoms with Gasteiger partial charge in [-0.2, -0.15) is 0 Å². The Bertz CT molecular complexity index is 326. The smallest absolute Gasteiger partial charge is 0.125 e. The van der Waals surface area contributed by atoms with E-state index in [1.807, 2.05) is 19.3 Å². The number of hydrogen-bond acceptors (Lipinski definition) is 4. The summed E-state index contributed by atoms with van der Waals surface area (Å²) >= 11 is 0. The monoisotopic (exact) mass is 221 g/mol. The van der Waals surface area contributed by atoms with Gasteiger partial charge in [0.05, 0.1) is 6.10 Å². The van der Waals surface area contributed by atoms with Crippen molar-refractivity contribution in [3.63, 3.8) is 0 Å². The first-order valence-electron chi connectivity index (χ1n) is 5.81. The molecule has 0 amide bonds. The lowest BCUT2D eigenvalue weighted by Crippen LogP contribution is -2.37. The van der Waals surface area contributed by atoms with Crippen LogP contribution in [0.5, 0.6) is 0 Å². The second kappa shape index (κ2) is 5.27. The van der Waals surface area contributed by atoms with Crippen molar-refractivity contribution in [1.29, 1.82) is 0 Å². The molecule has 4 heteroatoms. The number of anilines is 1. The minimum Gasteiger partial charge on any atom is -0.392 e. The minimum absolute atomic E-state index is 0.154. The van der Waals surface area contributed by atoms with Crippen molar-refractivity contribution >= 4 is 5.82 Å². The van der Waals surface area contributed by atoms with Gasteiger partial charge >= 0.3 is 0 Å². The Kier molecular flexibility index (Phi) is 3.74. The SMILES string of the molecule is CNc1ccc(CN2CCCC(O)C2)cn1. The van der Waals surface area contributed by atoms with Gasteiger partial charge in [-0.15, -0.1) is 0 Å². The van der Waals surface area contributed by atoms with Crippen molar-refractivity contribution in [3.8, 4) is 0 Å². The minimum atomic E-state index is -0.154. The molecule has 4 nitrogen and oxygen atoms in total. The van der Waals surface area contributed by atoms with Crippen LogP contribution in [0, 0.1) is 0 Å². The van der Waals surface area contributed by atoms with E-state index < -0.39 is 0 Å². The second-order valence-electron chi connectivity index (χ2n) is 4.33. The van der Waals surface area contributed by atoms with E-state index in [0.29, 0.717) is 0 Å². The number of nitrogens with zero attached hydrogens (tertiary/aromatic N) is 2. The molecule has 1 atom stereocenters. The predicted molar refractivity (Wildman–Crippen MR) is 64.3 cm³/mol. The topological polar surface area (TPSA) is 48.4 Å². The highest BCUT2D eigenvalue weighted by atomic mass is 16.3. The number of pyridine rings is 1. The van der Waals surface area contributed by atoms with Crippen LogP contribution in [0.4, 0.5) is 5.82 Å². The van der Waals surface area contributed by atoms with E-state index in [-0.39, 0.29) is 6.10 Å². The van der Waals surface area contributed by atoms with Crippen LogP contribution in [0.2, 0.25) is 0 Å². The van der Waals surface area contributed by atoms with Crippen molar-refractivity contribution in [2.45, 2.75) is 25.5 Å². The van der Waals surface area contributed by atoms with E-state index in [0.717, 1.165) is 38.3 Å². The predicted octanol–water partition coefficient (Wildman–Crippen LogP) is 1.08. The molecule has 88 valence electrons. The van der Waals surface area contributed by atoms with Crippen LogP contribution in [-0.4, -0.2) is 41.2 Å². The van der Waals surface area contributed by atoms with Crippen LogP contribution in [-0.2, 0) is 6.54 Å². The van der Waals surface area contributed by atoms with Crippen LogP contribution in [0.25, 0.3) is 0 Å². The summed E-state index contributed by atoms with van der Waals surface area (Å²) in [5.74, 6) is 0.891. The highest BCUT2D eigenvalue weighted by molar-refractivity contribution is 5.34. The highest BCUT2D eigenvalue weighted by Crippen LogP contribution is 2.13. The quantitative estimate of drug-likeness (QED) is 0.802. The summed E-state index contributed by atoms with van der Waals surface area (Å²) in [5.41, 5.74) is 1.20. The van der Waals surface area contributed by atoms with E-state index in [1.54, 1.807) is 0 Å². The summed E-state index contributed by atoms with van der Waals surface area (Å²) in [6.45, 7) is 2.74. The Labute approximate surface area is 96.3 Å². The number of likely N-dealkylation sites (tertiary alicyclic amines) is 1. The van der Waals surface area contributed by atoms with Crippen molar-refractivity contribution in [2.24, 2.45) is 0 Å². The second-order valence-corrected chi connectivity index (χ2v) is 4.33. The molecular weight excluding hydrogens is 202 g/mol. The van der Waals surface area contributed by atoms with Gasteiger partial charge in [0.15, 0.2) is 0 Å². The first kappa shape index (κ1) is 11.4. The Morgan fingerprint density at radius 3 is 3.06 bits per heavy atom. The highest BCUT2D eigenvalue weighted by Gasteiger charge is 2.17. The summed E-state index contributed by atoms with van der Waals surface area (Å²) in [6, 6.07) is 4.07.